The summed E-state index contributed by atoms with van der Waals surface area (Å²) in [5.41, 5.74) is 3.04. The fraction of sp³-hybridized carbons (Fsp3) is 0.350. The third-order valence-corrected chi connectivity index (χ3v) is 4.84. The number of pyridine rings is 1. The minimum atomic E-state index is -2.85. The smallest absolute Gasteiger partial charge is 0.274 e. The third-order valence-electron chi connectivity index (χ3n) is 4.84. The van der Waals surface area contributed by atoms with Crippen molar-refractivity contribution in [2.45, 2.75) is 32.8 Å². The second kappa shape index (κ2) is 7.77. The van der Waals surface area contributed by atoms with Gasteiger partial charge in [-0.05, 0) is 26.0 Å². The van der Waals surface area contributed by atoms with E-state index < -0.39 is 18.4 Å². The monoisotopic (exact) mass is 415 g/mol. The van der Waals surface area contributed by atoms with Crippen molar-refractivity contribution in [3.05, 3.63) is 53.4 Å². The summed E-state index contributed by atoms with van der Waals surface area (Å²) in [5.74, 6) is -2.64. The summed E-state index contributed by atoms with van der Waals surface area (Å²) in [6.07, 6.45) is 3.87. The highest BCUT2D eigenvalue weighted by Crippen LogP contribution is 2.28. The minimum absolute atomic E-state index is 0.00479. The van der Waals surface area contributed by atoms with Gasteiger partial charge in [-0.25, -0.2) is 18.7 Å². The molecule has 0 saturated carbocycles. The van der Waals surface area contributed by atoms with Gasteiger partial charge in [-0.3, -0.25) is 9.78 Å². The highest BCUT2D eigenvalue weighted by Gasteiger charge is 2.40. The molecule has 30 heavy (non-hydrogen) atoms. The van der Waals surface area contributed by atoms with E-state index in [1.807, 2.05) is 19.1 Å². The Balaban J connectivity index is 1.43. The Hall–Kier alpha value is -3.43. The first-order valence-electron chi connectivity index (χ1n) is 9.32. The largest absolute Gasteiger partial charge is 0.471 e. The van der Waals surface area contributed by atoms with Crippen molar-refractivity contribution in [2.75, 3.05) is 13.1 Å². The molecule has 156 valence electrons. The van der Waals surface area contributed by atoms with Crippen LogP contribution in [0.1, 0.15) is 33.9 Å². The third kappa shape index (κ3) is 4.12. The zero-order valence-electron chi connectivity index (χ0n) is 16.4. The van der Waals surface area contributed by atoms with E-state index in [0.29, 0.717) is 11.5 Å². The van der Waals surface area contributed by atoms with Crippen molar-refractivity contribution in [3.8, 4) is 17.1 Å². The Bertz CT molecular complexity index is 1050. The van der Waals surface area contributed by atoms with Gasteiger partial charge >= 0.3 is 0 Å². The van der Waals surface area contributed by atoms with Crippen molar-refractivity contribution in [1.29, 1.82) is 0 Å². The summed E-state index contributed by atoms with van der Waals surface area (Å²) < 4.78 is 37.6. The molecular weight excluding hydrogens is 396 g/mol. The number of alkyl halides is 2. The molecule has 0 aliphatic carbocycles. The normalized spacial score (nSPS) is 15.4. The molecule has 1 amide bonds. The van der Waals surface area contributed by atoms with Gasteiger partial charge in [-0.1, -0.05) is 5.16 Å². The molecule has 1 fully saturated rings. The van der Waals surface area contributed by atoms with Crippen LogP contribution >= 0.6 is 0 Å². The number of ether oxygens (including phenoxy) is 1. The topological polar surface area (TPSA) is 94.2 Å². The lowest BCUT2D eigenvalue weighted by molar-refractivity contribution is 0.0119. The fourth-order valence-electron chi connectivity index (χ4n) is 3.11. The molecule has 0 atom stereocenters. The van der Waals surface area contributed by atoms with Crippen LogP contribution in [0.15, 0.2) is 35.2 Å². The van der Waals surface area contributed by atoms with Gasteiger partial charge in [0.2, 0.25) is 5.88 Å². The predicted octanol–water partition coefficient (Wildman–Crippen LogP) is 3.20. The van der Waals surface area contributed by atoms with Gasteiger partial charge in [0.25, 0.3) is 11.8 Å². The van der Waals surface area contributed by atoms with Crippen LogP contribution < -0.4 is 4.74 Å². The van der Waals surface area contributed by atoms with Crippen LogP contribution in [0.2, 0.25) is 0 Å². The van der Waals surface area contributed by atoms with Gasteiger partial charge in [-0.2, -0.15) is 0 Å². The summed E-state index contributed by atoms with van der Waals surface area (Å²) in [4.78, 5) is 25.7. The molecule has 10 heteroatoms. The Morgan fingerprint density at radius 2 is 2.03 bits per heavy atom. The number of rotatable bonds is 5. The number of carbonyl (C=O) groups is 1. The first kappa shape index (κ1) is 19.9. The second-order valence-electron chi connectivity index (χ2n) is 7.12. The van der Waals surface area contributed by atoms with Crippen molar-refractivity contribution >= 4 is 5.91 Å². The van der Waals surface area contributed by atoms with Crippen molar-refractivity contribution in [3.63, 3.8) is 0 Å². The molecule has 0 spiro atoms. The lowest BCUT2D eigenvalue weighted by atomic mass is 10.1. The fourth-order valence-corrected chi connectivity index (χ4v) is 3.11. The Morgan fingerprint density at radius 3 is 2.67 bits per heavy atom. The van der Waals surface area contributed by atoms with E-state index >= 15 is 0 Å². The molecule has 8 nitrogen and oxygen atoms in total. The number of hydrogen-bond acceptors (Lipinski definition) is 7. The molecule has 1 aliphatic heterocycles. The maximum atomic E-state index is 13.3. The number of carbonyl (C=O) groups excluding carboxylic acids is 1. The van der Waals surface area contributed by atoms with Crippen LogP contribution in [-0.4, -0.2) is 49.9 Å². The first-order valence-corrected chi connectivity index (χ1v) is 9.32. The van der Waals surface area contributed by atoms with Crippen LogP contribution in [0, 0.1) is 13.8 Å². The van der Waals surface area contributed by atoms with E-state index in [-0.39, 0.29) is 31.1 Å². The van der Waals surface area contributed by atoms with Crippen LogP contribution in [0.25, 0.3) is 11.3 Å². The summed E-state index contributed by atoms with van der Waals surface area (Å²) >= 11 is 0. The van der Waals surface area contributed by atoms with Crippen molar-refractivity contribution in [1.82, 2.24) is 25.0 Å². The lowest BCUT2D eigenvalue weighted by Crippen LogP contribution is -2.32. The van der Waals surface area contributed by atoms with E-state index in [2.05, 4.69) is 20.1 Å². The van der Waals surface area contributed by atoms with Gasteiger partial charge in [0, 0.05) is 30.4 Å². The van der Waals surface area contributed by atoms with Crippen molar-refractivity contribution < 1.29 is 22.8 Å². The number of halogens is 2. The lowest BCUT2D eigenvalue weighted by Gasteiger charge is -2.15. The summed E-state index contributed by atoms with van der Waals surface area (Å²) in [6, 6.07) is 3.77. The maximum Gasteiger partial charge on any atom is 0.274 e. The Kier molecular flexibility index (Phi) is 5.15. The second-order valence-corrected chi connectivity index (χ2v) is 7.12. The molecule has 1 aliphatic rings. The molecular formula is C20H19F2N5O3. The molecule has 0 N–H and O–H groups in total. The van der Waals surface area contributed by atoms with E-state index in [0.717, 1.165) is 21.7 Å². The highest BCUT2D eigenvalue weighted by molar-refractivity contribution is 5.92. The zero-order chi connectivity index (χ0) is 21.3. The molecule has 1 saturated heterocycles. The molecule has 0 unspecified atom stereocenters. The Morgan fingerprint density at radius 1 is 1.20 bits per heavy atom. The van der Waals surface area contributed by atoms with Crippen LogP contribution in [0.4, 0.5) is 8.78 Å². The standard InChI is InChI=1S/C20H19F2N5O3/c1-12-3-4-14(7-23-12)18-15(13(2)30-26-18)10-29-17-9-24-16(8-25-17)19(28)27-6-5-20(21,22)11-27/h3-4,7-9H,5-6,10-11H2,1-2H3. The quantitative estimate of drug-likeness (QED) is 0.632. The van der Waals surface area contributed by atoms with Gasteiger partial charge < -0.3 is 14.2 Å². The molecule has 4 heterocycles. The molecule has 3 aromatic heterocycles. The van der Waals surface area contributed by atoms with Crippen molar-refractivity contribution in [2.24, 2.45) is 0 Å². The molecule has 4 rings (SSSR count). The van der Waals surface area contributed by atoms with E-state index in [9.17, 15) is 13.6 Å². The summed E-state index contributed by atoms with van der Waals surface area (Å²) in [6.45, 7) is 3.18. The predicted molar refractivity (Wildman–Crippen MR) is 101 cm³/mol. The van der Waals surface area contributed by atoms with E-state index in [1.165, 1.54) is 12.4 Å². The molecule has 0 aromatic carbocycles. The van der Waals surface area contributed by atoms with Gasteiger partial charge in [-0.15, -0.1) is 0 Å². The van der Waals surface area contributed by atoms with Gasteiger partial charge in [0.15, 0.2) is 0 Å². The van der Waals surface area contributed by atoms with E-state index in [1.54, 1.807) is 13.1 Å². The minimum Gasteiger partial charge on any atom is -0.471 e. The summed E-state index contributed by atoms with van der Waals surface area (Å²) in [7, 11) is 0. The number of nitrogens with zero attached hydrogens (tertiary/aromatic N) is 5. The SMILES string of the molecule is Cc1ccc(-c2noc(C)c2COc2cnc(C(=O)N3CCC(F)(F)C3)cn2)cn1. The highest BCUT2D eigenvalue weighted by atomic mass is 19.3. The van der Waals surface area contributed by atoms with Gasteiger partial charge in [0.05, 0.1) is 24.5 Å². The number of amides is 1. The molecule has 0 bridgehead atoms. The molecule has 3 aromatic rings. The Labute approximate surface area is 170 Å². The number of aromatic nitrogens is 4. The summed E-state index contributed by atoms with van der Waals surface area (Å²) in [5, 5.41) is 4.08. The van der Waals surface area contributed by atoms with Crippen LogP contribution in [0.3, 0.4) is 0 Å². The van der Waals surface area contributed by atoms with Crippen LogP contribution in [-0.2, 0) is 6.61 Å². The number of likely N-dealkylation sites (tertiary alicyclic amines) is 1. The first-order chi connectivity index (χ1) is 14.3. The number of aryl methyl sites for hydroxylation is 2. The molecule has 0 radical (unpaired) electrons. The van der Waals surface area contributed by atoms with E-state index in [4.69, 9.17) is 9.26 Å². The van der Waals surface area contributed by atoms with Crippen LogP contribution in [0.5, 0.6) is 5.88 Å². The maximum absolute atomic E-state index is 13.3. The average molecular weight is 415 g/mol. The number of hydrogen-bond donors (Lipinski definition) is 0. The zero-order valence-corrected chi connectivity index (χ0v) is 16.4. The van der Waals surface area contributed by atoms with Gasteiger partial charge in [0.1, 0.15) is 23.8 Å². The average Bonchev–Trinajstić information content (AvgIpc) is 3.28.